The minimum Gasteiger partial charge on any atom is -0.393 e. The van der Waals surface area contributed by atoms with Gasteiger partial charge in [0.15, 0.2) is 0 Å². The highest BCUT2D eigenvalue weighted by molar-refractivity contribution is 7.80. The van der Waals surface area contributed by atoms with Crippen molar-refractivity contribution in [1.82, 2.24) is 4.98 Å². The lowest BCUT2D eigenvalue weighted by atomic mass is 9.93. The van der Waals surface area contributed by atoms with Crippen molar-refractivity contribution in [3.8, 4) is 0 Å². The van der Waals surface area contributed by atoms with Crippen LogP contribution in [0.5, 0.6) is 0 Å². The minimum absolute atomic E-state index is 0.149. The minimum atomic E-state index is -0.149. The molecule has 1 aromatic rings. The van der Waals surface area contributed by atoms with E-state index >= 15 is 0 Å². The van der Waals surface area contributed by atoms with Crippen LogP contribution in [0.25, 0.3) is 0 Å². The van der Waals surface area contributed by atoms with Crippen LogP contribution in [0.1, 0.15) is 36.9 Å². The zero-order chi connectivity index (χ0) is 13.1. The number of hydrogen-bond donors (Lipinski definition) is 3. The van der Waals surface area contributed by atoms with Gasteiger partial charge in [0.1, 0.15) is 10.8 Å². The molecule has 0 amide bonds. The Labute approximate surface area is 113 Å². The SMILES string of the molecule is Cc1ccc(C(N)=S)c(NC2CCC(O)CC2)n1. The van der Waals surface area contributed by atoms with Crippen molar-refractivity contribution in [3.05, 3.63) is 23.4 Å². The van der Waals surface area contributed by atoms with Crippen molar-refractivity contribution in [2.24, 2.45) is 5.73 Å². The second-order valence-electron chi connectivity index (χ2n) is 4.86. The molecule has 18 heavy (non-hydrogen) atoms. The monoisotopic (exact) mass is 265 g/mol. The van der Waals surface area contributed by atoms with Crippen molar-refractivity contribution in [2.45, 2.75) is 44.8 Å². The summed E-state index contributed by atoms with van der Waals surface area (Å²) < 4.78 is 0. The Hall–Kier alpha value is -1.20. The molecule has 0 unspecified atom stereocenters. The fourth-order valence-corrected chi connectivity index (χ4v) is 2.44. The number of aryl methyl sites for hydroxylation is 1. The van der Waals surface area contributed by atoms with Gasteiger partial charge in [0.25, 0.3) is 0 Å². The van der Waals surface area contributed by atoms with E-state index in [0.717, 1.165) is 42.8 Å². The topological polar surface area (TPSA) is 71.2 Å². The van der Waals surface area contributed by atoms with Crippen molar-refractivity contribution in [1.29, 1.82) is 0 Å². The molecule has 2 rings (SSSR count). The van der Waals surface area contributed by atoms with Gasteiger partial charge in [0.05, 0.1) is 11.7 Å². The molecule has 5 heteroatoms. The van der Waals surface area contributed by atoms with E-state index < -0.39 is 0 Å². The summed E-state index contributed by atoms with van der Waals surface area (Å²) in [7, 11) is 0. The summed E-state index contributed by atoms with van der Waals surface area (Å²) in [5, 5.41) is 12.9. The highest BCUT2D eigenvalue weighted by atomic mass is 32.1. The van der Waals surface area contributed by atoms with Crippen LogP contribution in [0.15, 0.2) is 12.1 Å². The summed E-state index contributed by atoms with van der Waals surface area (Å²) in [4.78, 5) is 4.83. The summed E-state index contributed by atoms with van der Waals surface area (Å²) in [6.07, 6.45) is 3.43. The second-order valence-corrected chi connectivity index (χ2v) is 5.30. The van der Waals surface area contributed by atoms with Crippen molar-refractivity contribution >= 4 is 23.0 Å². The molecule has 0 spiro atoms. The largest absolute Gasteiger partial charge is 0.393 e. The molecule has 0 aromatic carbocycles. The van der Waals surface area contributed by atoms with Crippen LogP contribution in [-0.2, 0) is 0 Å². The summed E-state index contributed by atoms with van der Waals surface area (Å²) >= 11 is 5.04. The highest BCUT2D eigenvalue weighted by Gasteiger charge is 2.20. The Balaban J connectivity index is 2.12. The Kier molecular flexibility index (Phi) is 4.14. The summed E-state index contributed by atoms with van der Waals surface area (Å²) in [5.41, 5.74) is 7.43. The third-order valence-electron chi connectivity index (χ3n) is 3.34. The van der Waals surface area contributed by atoms with Gasteiger partial charge in [0.2, 0.25) is 0 Å². The molecule has 0 bridgehead atoms. The van der Waals surface area contributed by atoms with Gasteiger partial charge < -0.3 is 16.2 Å². The van der Waals surface area contributed by atoms with E-state index in [2.05, 4.69) is 10.3 Å². The molecule has 1 aliphatic rings. The van der Waals surface area contributed by atoms with Gasteiger partial charge in [-0.1, -0.05) is 12.2 Å². The van der Waals surface area contributed by atoms with Crippen molar-refractivity contribution < 1.29 is 5.11 Å². The predicted molar refractivity (Wildman–Crippen MR) is 76.7 cm³/mol. The van der Waals surface area contributed by atoms with Crippen LogP contribution in [0.3, 0.4) is 0 Å². The highest BCUT2D eigenvalue weighted by Crippen LogP contribution is 2.23. The molecule has 4 nitrogen and oxygen atoms in total. The lowest BCUT2D eigenvalue weighted by Gasteiger charge is -2.27. The number of nitrogens with zero attached hydrogens (tertiary/aromatic N) is 1. The first-order valence-electron chi connectivity index (χ1n) is 6.28. The number of thiocarbonyl (C=S) groups is 1. The lowest BCUT2D eigenvalue weighted by Crippen LogP contribution is -2.29. The number of anilines is 1. The van der Waals surface area contributed by atoms with Crippen LogP contribution in [0, 0.1) is 6.92 Å². The van der Waals surface area contributed by atoms with Crippen molar-refractivity contribution in [2.75, 3.05) is 5.32 Å². The van der Waals surface area contributed by atoms with Crippen LogP contribution in [-0.4, -0.2) is 27.2 Å². The molecule has 98 valence electrons. The van der Waals surface area contributed by atoms with Crippen LogP contribution in [0.2, 0.25) is 0 Å². The molecule has 1 aromatic heterocycles. The molecule has 1 aliphatic carbocycles. The van der Waals surface area contributed by atoms with Crippen LogP contribution < -0.4 is 11.1 Å². The molecular weight excluding hydrogens is 246 g/mol. The normalized spacial score (nSPS) is 23.7. The Bertz CT molecular complexity index is 442. The maximum atomic E-state index is 9.50. The molecular formula is C13H19N3OS. The first-order valence-corrected chi connectivity index (χ1v) is 6.69. The zero-order valence-electron chi connectivity index (χ0n) is 10.5. The van der Waals surface area contributed by atoms with Crippen LogP contribution in [0.4, 0.5) is 5.82 Å². The fraction of sp³-hybridized carbons (Fsp3) is 0.538. The summed E-state index contributed by atoms with van der Waals surface area (Å²) in [6.45, 7) is 1.94. The van der Waals surface area contributed by atoms with Gasteiger partial charge in [0, 0.05) is 11.7 Å². The number of nitrogens with one attached hydrogen (secondary N) is 1. The third-order valence-corrected chi connectivity index (χ3v) is 3.56. The standard InChI is InChI=1S/C13H19N3OS/c1-8-2-7-11(12(14)18)13(15-8)16-9-3-5-10(17)6-4-9/h2,7,9-10,17H,3-6H2,1H3,(H2,14,18)(H,15,16). The quantitative estimate of drug-likeness (QED) is 0.726. The number of hydrogen-bond acceptors (Lipinski definition) is 4. The van der Waals surface area contributed by atoms with E-state index in [1.54, 1.807) is 0 Å². The van der Waals surface area contributed by atoms with Gasteiger partial charge in [-0.2, -0.15) is 0 Å². The Morgan fingerprint density at radius 1 is 1.39 bits per heavy atom. The molecule has 0 atom stereocenters. The van der Waals surface area contributed by atoms with E-state index in [4.69, 9.17) is 18.0 Å². The fourth-order valence-electron chi connectivity index (χ4n) is 2.28. The third kappa shape index (κ3) is 3.17. The molecule has 1 heterocycles. The molecule has 0 saturated heterocycles. The Morgan fingerprint density at radius 3 is 2.67 bits per heavy atom. The second kappa shape index (κ2) is 5.63. The van der Waals surface area contributed by atoms with E-state index in [9.17, 15) is 5.11 Å². The molecule has 0 aliphatic heterocycles. The summed E-state index contributed by atoms with van der Waals surface area (Å²) in [5.74, 6) is 0.767. The number of rotatable bonds is 3. The van der Waals surface area contributed by atoms with Gasteiger partial charge in [-0.25, -0.2) is 4.98 Å². The molecule has 1 saturated carbocycles. The maximum Gasteiger partial charge on any atom is 0.136 e. The smallest absolute Gasteiger partial charge is 0.136 e. The van der Waals surface area contributed by atoms with Gasteiger partial charge >= 0.3 is 0 Å². The van der Waals surface area contributed by atoms with E-state index in [0.29, 0.717) is 11.0 Å². The molecule has 0 radical (unpaired) electrons. The van der Waals surface area contributed by atoms with E-state index in [1.165, 1.54) is 0 Å². The maximum absolute atomic E-state index is 9.50. The number of aromatic nitrogens is 1. The lowest BCUT2D eigenvalue weighted by molar-refractivity contribution is 0.126. The first kappa shape index (κ1) is 13.2. The van der Waals surface area contributed by atoms with E-state index in [-0.39, 0.29) is 6.10 Å². The molecule has 4 N–H and O–H groups in total. The first-order chi connectivity index (χ1) is 8.56. The Morgan fingerprint density at radius 2 is 2.06 bits per heavy atom. The average molecular weight is 265 g/mol. The van der Waals surface area contributed by atoms with Gasteiger partial charge in [-0.05, 0) is 44.7 Å². The molecule has 1 fully saturated rings. The number of aliphatic hydroxyl groups is 1. The van der Waals surface area contributed by atoms with Crippen LogP contribution >= 0.6 is 12.2 Å². The summed E-state index contributed by atoms with van der Waals surface area (Å²) in [6, 6.07) is 4.16. The van der Waals surface area contributed by atoms with Gasteiger partial charge in [-0.3, -0.25) is 0 Å². The van der Waals surface area contributed by atoms with Gasteiger partial charge in [-0.15, -0.1) is 0 Å². The van der Waals surface area contributed by atoms with E-state index in [1.807, 2.05) is 19.1 Å². The number of nitrogens with two attached hydrogens (primary N) is 1. The zero-order valence-corrected chi connectivity index (χ0v) is 11.3. The van der Waals surface area contributed by atoms with Crippen molar-refractivity contribution in [3.63, 3.8) is 0 Å². The average Bonchev–Trinajstić information content (AvgIpc) is 2.32. The predicted octanol–water partition coefficient (Wildman–Crippen LogP) is 1.74. The number of pyridine rings is 1. The number of aliphatic hydroxyl groups excluding tert-OH is 1.